The third-order valence-corrected chi connectivity index (χ3v) is 6.31. The first-order chi connectivity index (χ1) is 18.4. The summed E-state index contributed by atoms with van der Waals surface area (Å²) in [5.74, 6) is 0.253. The Morgan fingerprint density at radius 1 is 0.895 bits per heavy atom. The van der Waals surface area contributed by atoms with Crippen LogP contribution in [0.25, 0.3) is 11.1 Å². The number of rotatable bonds is 11. The van der Waals surface area contributed by atoms with Gasteiger partial charge in [-0.25, -0.2) is 4.79 Å². The molecule has 0 saturated heterocycles. The van der Waals surface area contributed by atoms with Crippen molar-refractivity contribution >= 4 is 27.8 Å². The average molecular weight is 574 g/mol. The van der Waals surface area contributed by atoms with Crippen molar-refractivity contribution in [2.75, 3.05) is 6.61 Å². The van der Waals surface area contributed by atoms with Gasteiger partial charge in [-0.05, 0) is 53.9 Å². The number of carboxylic acids is 1. The molecule has 0 heterocycles. The maximum absolute atomic E-state index is 13.0. The highest BCUT2D eigenvalue weighted by atomic mass is 79.9. The molecule has 7 heteroatoms. The number of carbonyl (C=O) groups excluding carboxylic acids is 1. The summed E-state index contributed by atoms with van der Waals surface area (Å²) in [6, 6.07) is 28.9. The van der Waals surface area contributed by atoms with Crippen molar-refractivity contribution in [3.8, 4) is 28.4 Å². The average Bonchev–Trinajstić information content (AvgIpc) is 2.93. The molecule has 4 rings (SSSR count). The van der Waals surface area contributed by atoms with E-state index < -0.39 is 17.9 Å². The van der Waals surface area contributed by atoms with Gasteiger partial charge in [-0.15, -0.1) is 0 Å². The van der Waals surface area contributed by atoms with Crippen LogP contribution in [0.1, 0.15) is 29.3 Å². The maximum atomic E-state index is 13.0. The Hall–Kier alpha value is -4.10. The van der Waals surface area contributed by atoms with Crippen molar-refractivity contribution in [3.05, 3.63) is 113 Å². The topological polar surface area (TPSA) is 84.9 Å². The number of carbonyl (C=O) groups is 2. The Kier molecular flexibility index (Phi) is 9.16. The predicted octanol–water partition coefficient (Wildman–Crippen LogP) is 7.12. The molecule has 2 N–H and O–H groups in total. The normalized spacial score (nSPS) is 11.4. The molecule has 0 fully saturated rings. The van der Waals surface area contributed by atoms with Crippen molar-refractivity contribution in [2.24, 2.45) is 0 Å². The van der Waals surface area contributed by atoms with Crippen LogP contribution in [-0.2, 0) is 11.2 Å². The van der Waals surface area contributed by atoms with E-state index in [-0.39, 0.29) is 12.0 Å². The minimum absolute atomic E-state index is 0.128. The Balaban J connectivity index is 1.49. The van der Waals surface area contributed by atoms with Gasteiger partial charge in [0.2, 0.25) is 0 Å². The molecule has 194 valence electrons. The van der Waals surface area contributed by atoms with E-state index in [1.165, 1.54) is 0 Å². The minimum atomic E-state index is -1.12. The molecule has 0 aliphatic carbocycles. The number of para-hydroxylation sites is 2. The molecule has 4 aromatic rings. The summed E-state index contributed by atoms with van der Waals surface area (Å²) in [7, 11) is 0. The Morgan fingerprint density at radius 3 is 2.32 bits per heavy atom. The lowest BCUT2D eigenvalue weighted by Crippen LogP contribution is -2.42. The van der Waals surface area contributed by atoms with Crippen LogP contribution in [0, 0.1) is 0 Å². The largest absolute Gasteiger partial charge is 0.493 e. The zero-order chi connectivity index (χ0) is 26.9. The smallest absolute Gasteiger partial charge is 0.326 e. The second-order valence-electron chi connectivity index (χ2n) is 8.67. The van der Waals surface area contributed by atoms with Crippen molar-refractivity contribution < 1.29 is 24.2 Å². The molecule has 0 aliphatic heterocycles. The first-order valence-electron chi connectivity index (χ1n) is 12.3. The molecular formula is C31H28BrNO5. The van der Waals surface area contributed by atoms with E-state index in [0.717, 1.165) is 34.6 Å². The van der Waals surface area contributed by atoms with Gasteiger partial charge < -0.3 is 19.9 Å². The molecule has 6 nitrogen and oxygen atoms in total. The second kappa shape index (κ2) is 12.9. The van der Waals surface area contributed by atoms with Crippen LogP contribution >= 0.6 is 15.9 Å². The lowest BCUT2D eigenvalue weighted by molar-refractivity contribution is -0.139. The standard InChI is InChI=1S/C31H28BrNO5/c1-2-18-37-28-17-16-23(32)20-26(28)30(34)33-27(31(35)36)19-21-12-14-22(15-13-21)25-10-6-7-11-29(25)38-24-8-4-3-5-9-24/h3-17,20,27H,2,18-19H2,1H3,(H,33,34)(H,35,36)/t27-/m0/s1. The summed E-state index contributed by atoms with van der Waals surface area (Å²) in [6.45, 7) is 2.43. The van der Waals surface area contributed by atoms with Gasteiger partial charge in [0.1, 0.15) is 23.3 Å². The van der Waals surface area contributed by atoms with Gasteiger partial charge in [0.05, 0.1) is 12.2 Å². The van der Waals surface area contributed by atoms with Crippen molar-refractivity contribution in [2.45, 2.75) is 25.8 Å². The van der Waals surface area contributed by atoms with Crippen molar-refractivity contribution in [1.82, 2.24) is 5.32 Å². The van der Waals surface area contributed by atoms with E-state index in [4.69, 9.17) is 9.47 Å². The van der Waals surface area contributed by atoms with Gasteiger partial charge in [0.15, 0.2) is 0 Å². The molecule has 0 unspecified atom stereocenters. The molecule has 0 aromatic heterocycles. The monoisotopic (exact) mass is 573 g/mol. The Labute approximate surface area is 230 Å². The first kappa shape index (κ1) is 26.9. The zero-order valence-electron chi connectivity index (χ0n) is 20.9. The second-order valence-corrected chi connectivity index (χ2v) is 9.58. The number of hydrogen-bond donors (Lipinski definition) is 2. The van der Waals surface area contributed by atoms with E-state index in [9.17, 15) is 14.7 Å². The molecule has 0 spiro atoms. The number of amides is 1. The van der Waals surface area contributed by atoms with Gasteiger partial charge in [0, 0.05) is 16.5 Å². The molecule has 0 saturated carbocycles. The fourth-order valence-electron chi connectivity index (χ4n) is 3.92. The van der Waals surface area contributed by atoms with E-state index in [0.29, 0.717) is 16.8 Å². The van der Waals surface area contributed by atoms with Gasteiger partial charge >= 0.3 is 5.97 Å². The summed E-state index contributed by atoms with van der Waals surface area (Å²) in [5, 5.41) is 12.5. The fourth-order valence-corrected chi connectivity index (χ4v) is 4.28. The van der Waals surface area contributed by atoms with Crippen LogP contribution < -0.4 is 14.8 Å². The van der Waals surface area contributed by atoms with E-state index in [2.05, 4.69) is 21.2 Å². The van der Waals surface area contributed by atoms with Gasteiger partial charge in [0.25, 0.3) is 5.91 Å². The Morgan fingerprint density at radius 2 is 1.61 bits per heavy atom. The van der Waals surface area contributed by atoms with Gasteiger partial charge in [-0.1, -0.05) is 83.5 Å². The van der Waals surface area contributed by atoms with Gasteiger partial charge in [-0.3, -0.25) is 4.79 Å². The number of halogens is 1. The minimum Gasteiger partial charge on any atom is -0.493 e. The highest BCUT2D eigenvalue weighted by Crippen LogP contribution is 2.33. The Bertz CT molecular complexity index is 1390. The van der Waals surface area contributed by atoms with Crippen LogP contribution in [0.2, 0.25) is 0 Å². The third-order valence-electron chi connectivity index (χ3n) is 5.81. The first-order valence-corrected chi connectivity index (χ1v) is 13.1. The number of aliphatic carboxylic acids is 1. The maximum Gasteiger partial charge on any atom is 0.326 e. The lowest BCUT2D eigenvalue weighted by atomic mass is 9.99. The summed E-state index contributed by atoms with van der Waals surface area (Å²) in [4.78, 5) is 25.1. The highest BCUT2D eigenvalue weighted by Gasteiger charge is 2.23. The van der Waals surface area contributed by atoms with Crippen LogP contribution in [-0.4, -0.2) is 29.6 Å². The molecular weight excluding hydrogens is 546 g/mol. The van der Waals surface area contributed by atoms with E-state index in [1.54, 1.807) is 18.2 Å². The molecule has 0 aliphatic rings. The molecule has 1 atom stereocenters. The number of nitrogens with one attached hydrogen (secondary N) is 1. The lowest BCUT2D eigenvalue weighted by Gasteiger charge is -2.17. The number of benzene rings is 4. The number of carboxylic acid groups (broad SMARTS) is 1. The molecule has 4 aromatic carbocycles. The van der Waals surface area contributed by atoms with E-state index >= 15 is 0 Å². The fraction of sp³-hybridized carbons (Fsp3) is 0.161. The number of hydrogen-bond acceptors (Lipinski definition) is 4. The summed E-state index contributed by atoms with van der Waals surface area (Å²) in [5.41, 5.74) is 2.91. The summed E-state index contributed by atoms with van der Waals surface area (Å²) >= 11 is 3.37. The molecule has 0 radical (unpaired) electrons. The highest BCUT2D eigenvalue weighted by molar-refractivity contribution is 9.10. The van der Waals surface area contributed by atoms with E-state index in [1.807, 2.05) is 85.8 Å². The van der Waals surface area contributed by atoms with Crippen molar-refractivity contribution in [1.29, 1.82) is 0 Å². The third kappa shape index (κ3) is 7.01. The predicted molar refractivity (Wildman–Crippen MR) is 151 cm³/mol. The van der Waals surface area contributed by atoms with Crippen LogP contribution in [0.15, 0.2) is 102 Å². The van der Waals surface area contributed by atoms with Crippen molar-refractivity contribution in [3.63, 3.8) is 0 Å². The number of ether oxygens (including phenoxy) is 2. The van der Waals surface area contributed by atoms with Crippen LogP contribution in [0.5, 0.6) is 17.2 Å². The quantitative estimate of drug-likeness (QED) is 0.199. The molecule has 38 heavy (non-hydrogen) atoms. The van der Waals surface area contributed by atoms with Gasteiger partial charge in [-0.2, -0.15) is 0 Å². The molecule has 0 bridgehead atoms. The van der Waals surface area contributed by atoms with Crippen LogP contribution in [0.4, 0.5) is 0 Å². The van der Waals surface area contributed by atoms with Crippen LogP contribution in [0.3, 0.4) is 0 Å². The summed E-state index contributed by atoms with van der Waals surface area (Å²) in [6.07, 6.45) is 0.913. The molecule has 1 amide bonds. The SMILES string of the molecule is CCCOc1ccc(Br)cc1C(=O)N[C@@H](Cc1ccc(-c2ccccc2Oc2ccccc2)cc1)C(=O)O. The zero-order valence-corrected chi connectivity index (χ0v) is 22.5. The summed E-state index contributed by atoms with van der Waals surface area (Å²) < 4.78 is 12.5.